The number of rotatable bonds is 5. The largest absolute Gasteiger partial charge is 0.476 e. The summed E-state index contributed by atoms with van der Waals surface area (Å²) in [5.74, 6) is -0.859. The van der Waals surface area contributed by atoms with E-state index in [9.17, 15) is 14.9 Å². The molecule has 0 aliphatic carbocycles. The van der Waals surface area contributed by atoms with Crippen LogP contribution in [0.25, 0.3) is 0 Å². The Hall–Kier alpha value is -0.780. The summed E-state index contributed by atoms with van der Waals surface area (Å²) in [5.41, 5.74) is 0. The molecule has 0 saturated heterocycles. The molecule has 1 atom stereocenters. The van der Waals surface area contributed by atoms with Crippen molar-refractivity contribution in [3.05, 3.63) is 10.1 Å². The highest BCUT2D eigenvalue weighted by atomic mass is 32.2. The van der Waals surface area contributed by atoms with Crippen molar-refractivity contribution in [1.82, 2.24) is 0 Å². The van der Waals surface area contributed by atoms with Gasteiger partial charge in [0.25, 0.3) is 0 Å². The van der Waals surface area contributed by atoms with Crippen molar-refractivity contribution >= 4 is 17.7 Å². The SMILES string of the molecule is CSCCC(C(=O)O)[N+](=O)[O-]. The third-order valence-corrected chi connectivity index (χ3v) is 1.78. The summed E-state index contributed by atoms with van der Waals surface area (Å²) in [6.07, 6.45) is 1.86. The van der Waals surface area contributed by atoms with Crippen LogP contribution in [0.15, 0.2) is 0 Å². The van der Waals surface area contributed by atoms with Gasteiger partial charge in [0.1, 0.15) is 0 Å². The van der Waals surface area contributed by atoms with E-state index in [1.807, 2.05) is 0 Å². The summed E-state index contributed by atoms with van der Waals surface area (Å²) in [4.78, 5) is 19.5. The highest BCUT2D eigenvalue weighted by molar-refractivity contribution is 7.98. The molecule has 0 aromatic rings. The molecule has 0 aliphatic rings. The van der Waals surface area contributed by atoms with Gasteiger partial charge in [-0.1, -0.05) is 0 Å². The third-order valence-electron chi connectivity index (χ3n) is 1.13. The highest BCUT2D eigenvalue weighted by Crippen LogP contribution is 2.03. The van der Waals surface area contributed by atoms with Gasteiger partial charge in [0.15, 0.2) is 0 Å². The molecular weight excluding hydrogens is 170 g/mol. The van der Waals surface area contributed by atoms with E-state index in [-0.39, 0.29) is 6.42 Å². The number of nitro groups is 1. The van der Waals surface area contributed by atoms with Crippen LogP contribution in [0.1, 0.15) is 6.42 Å². The van der Waals surface area contributed by atoms with Crippen molar-refractivity contribution in [1.29, 1.82) is 0 Å². The molecule has 0 amide bonds. The molecule has 0 spiro atoms. The highest BCUT2D eigenvalue weighted by Gasteiger charge is 2.27. The van der Waals surface area contributed by atoms with E-state index in [1.165, 1.54) is 11.8 Å². The Kier molecular flexibility index (Phi) is 4.60. The van der Waals surface area contributed by atoms with Crippen LogP contribution in [0, 0.1) is 10.1 Å². The minimum absolute atomic E-state index is 0.0868. The standard InChI is InChI=1S/C5H9NO4S/c1-11-3-2-4(5(7)8)6(9)10/h4H,2-3H2,1H3,(H,7,8). The van der Waals surface area contributed by atoms with Crippen LogP contribution < -0.4 is 0 Å². The molecule has 0 aromatic heterocycles. The predicted octanol–water partition coefficient (Wildman–Crippen LogP) is 0.469. The van der Waals surface area contributed by atoms with Gasteiger partial charge in [-0.05, 0) is 6.26 Å². The molecule has 1 unspecified atom stereocenters. The summed E-state index contributed by atoms with van der Waals surface area (Å²) < 4.78 is 0. The van der Waals surface area contributed by atoms with Gasteiger partial charge < -0.3 is 5.11 Å². The molecule has 0 radical (unpaired) electrons. The van der Waals surface area contributed by atoms with E-state index < -0.39 is 16.9 Å². The zero-order chi connectivity index (χ0) is 8.85. The molecule has 0 aliphatic heterocycles. The minimum atomic E-state index is -1.44. The number of hydrogen-bond acceptors (Lipinski definition) is 4. The maximum absolute atomic E-state index is 10.2. The summed E-state index contributed by atoms with van der Waals surface area (Å²) in [6, 6.07) is -1.44. The van der Waals surface area contributed by atoms with E-state index in [0.29, 0.717) is 5.75 Å². The van der Waals surface area contributed by atoms with Gasteiger partial charge in [0, 0.05) is 17.1 Å². The first-order chi connectivity index (χ1) is 5.09. The fraction of sp³-hybridized carbons (Fsp3) is 0.800. The van der Waals surface area contributed by atoms with Crippen LogP contribution in [0.4, 0.5) is 0 Å². The minimum Gasteiger partial charge on any atom is -0.476 e. The van der Waals surface area contributed by atoms with Crippen LogP contribution in [0.2, 0.25) is 0 Å². The first-order valence-electron chi connectivity index (χ1n) is 2.94. The molecule has 0 fully saturated rings. The lowest BCUT2D eigenvalue weighted by Crippen LogP contribution is -2.29. The van der Waals surface area contributed by atoms with Crippen LogP contribution in [0.3, 0.4) is 0 Å². The van der Waals surface area contributed by atoms with Crippen molar-refractivity contribution in [2.24, 2.45) is 0 Å². The summed E-state index contributed by atoms with van der Waals surface area (Å²) in [6.45, 7) is 0. The fourth-order valence-electron chi connectivity index (χ4n) is 0.549. The van der Waals surface area contributed by atoms with Crippen LogP contribution >= 0.6 is 11.8 Å². The fourth-order valence-corrected chi connectivity index (χ4v) is 1.01. The maximum Gasteiger partial charge on any atom is 0.379 e. The molecule has 1 N–H and O–H groups in total. The molecule has 0 bridgehead atoms. The van der Waals surface area contributed by atoms with E-state index >= 15 is 0 Å². The number of hydrogen-bond donors (Lipinski definition) is 1. The second-order valence-corrected chi connectivity index (χ2v) is 2.91. The Balaban J connectivity index is 3.90. The number of carbonyl (C=O) groups is 1. The molecule has 0 aromatic carbocycles. The lowest BCUT2D eigenvalue weighted by atomic mass is 10.2. The molecule has 6 heteroatoms. The number of carboxylic acid groups (broad SMARTS) is 1. The van der Waals surface area contributed by atoms with E-state index in [2.05, 4.69) is 0 Å². The Morgan fingerprint density at radius 1 is 1.82 bits per heavy atom. The lowest BCUT2D eigenvalue weighted by Gasteiger charge is -2.01. The van der Waals surface area contributed by atoms with Crippen molar-refractivity contribution in [3.63, 3.8) is 0 Å². The summed E-state index contributed by atoms with van der Waals surface area (Å²) in [5, 5.41) is 18.4. The quantitative estimate of drug-likeness (QED) is 0.490. The van der Waals surface area contributed by atoms with Gasteiger partial charge in [0.2, 0.25) is 0 Å². The first kappa shape index (κ1) is 10.2. The molecular formula is C5H9NO4S. The Morgan fingerprint density at radius 3 is 2.64 bits per heavy atom. The van der Waals surface area contributed by atoms with E-state index in [4.69, 9.17) is 5.11 Å². The molecule has 0 saturated carbocycles. The van der Waals surface area contributed by atoms with Crippen LogP contribution in [-0.2, 0) is 4.79 Å². The van der Waals surface area contributed by atoms with Gasteiger partial charge in [-0.2, -0.15) is 11.8 Å². The van der Waals surface area contributed by atoms with Crippen LogP contribution in [-0.4, -0.2) is 34.0 Å². The Morgan fingerprint density at radius 2 is 2.36 bits per heavy atom. The van der Waals surface area contributed by atoms with Crippen LogP contribution in [0.5, 0.6) is 0 Å². The monoisotopic (exact) mass is 179 g/mol. The van der Waals surface area contributed by atoms with Gasteiger partial charge >= 0.3 is 12.0 Å². The maximum atomic E-state index is 10.2. The smallest absolute Gasteiger partial charge is 0.379 e. The molecule has 5 nitrogen and oxygen atoms in total. The Bertz CT molecular complexity index is 147. The first-order valence-corrected chi connectivity index (χ1v) is 4.34. The zero-order valence-electron chi connectivity index (χ0n) is 6.02. The number of thioether (sulfide) groups is 1. The van der Waals surface area contributed by atoms with Crippen molar-refractivity contribution in [3.8, 4) is 0 Å². The third kappa shape index (κ3) is 3.82. The number of carboxylic acids is 1. The van der Waals surface area contributed by atoms with E-state index in [1.54, 1.807) is 6.26 Å². The summed E-state index contributed by atoms with van der Waals surface area (Å²) >= 11 is 1.40. The lowest BCUT2D eigenvalue weighted by molar-refractivity contribution is -0.510. The van der Waals surface area contributed by atoms with Gasteiger partial charge in [-0.25, -0.2) is 4.79 Å². The molecule has 0 heterocycles. The average molecular weight is 179 g/mol. The Labute approximate surface area is 67.9 Å². The number of nitrogens with zero attached hydrogens (tertiary/aromatic N) is 1. The predicted molar refractivity (Wildman–Crippen MR) is 41.4 cm³/mol. The molecule has 64 valence electrons. The van der Waals surface area contributed by atoms with Gasteiger partial charge in [0.05, 0.1) is 0 Å². The van der Waals surface area contributed by atoms with Gasteiger partial charge in [-0.3, -0.25) is 10.1 Å². The zero-order valence-corrected chi connectivity index (χ0v) is 6.84. The summed E-state index contributed by atoms with van der Waals surface area (Å²) in [7, 11) is 0. The number of aliphatic carboxylic acids is 1. The van der Waals surface area contributed by atoms with E-state index in [0.717, 1.165) is 0 Å². The normalized spacial score (nSPS) is 12.5. The average Bonchev–Trinajstić information content (AvgIpc) is 1.87. The second kappa shape index (κ2) is 4.95. The topological polar surface area (TPSA) is 80.4 Å². The van der Waals surface area contributed by atoms with Crippen molar-refractivity contribution in [2.45, 2.75) is 12.5 Å². The molecule has 11 heavy (non-hydrogen) atoms. The van der Waals surface area contributed by atoms with Gasteiger partial charge in [-0.15, -0.1) is 0 Å². The second-order valence-electron chi connectivity index (χ2n) is 1.92. The molecule has 0 rings (SSSR count). The van der Waals surface area contributed by atoms with Crippen molar-refractivity contribution < 1.29 is 14.8 Å². The van der Waals surface area contributed by atoms with Crippen molar-refractivity contribution in [2.75, 3.05) is 12.0 Å².